The summed E-state index contributed by atoms with van der Waals surface area (Å²) < 4.78 is 2.04. The average molecular weight is 231 g/mol. The van der Waals surface area contributed by atoms with E-state index in [9.17, 15) is 0 Å². The highest BCUT2D eigenvalue weighted by Gasteiger charge is 2.10. The minimum absolute atomic E-state index is 0.490. The lowest BCUT2D eigenvalue weighted by Gasteiger charge is -1.97. The Hall–Kier alpha value is -0.240. The Morgan fingerprint density at radius 1 is 1.38 bits per heavy atom. The molecule has 0 unspecified atom stereocenters. The van der Waals surface area contributed by atoms with Crippen LogP contribution in [0.3, 0.4) is 0 Å². The fourth-order valence-corrected chi connectivity index (χ4v) is 3.34. The predicted molar refractivity (Wildman–Crippen MR) is 61.1 cm³/mol. The van der Waals surface area contributed by atoms with E-state index in [0.717, 1.165) is 9.90 Å². The van der Waals surface area contributed by atoms with Crippen molar-refractivity contribution in [3.05, 3.63) is 33.7 Å². The molecular weight excluding hydrogens is 223 g/mol. The lowest BCUT2D eigenvalue weighted by atomic mass is 10.1. The number of hydrogen-bond donors (Lipinski definition) is 0. The first kappa shape index (κ1) is 9.32. The summed E-state index contributed by atoms with van der Waals surface area (Å²) in [5, 5.41) is 1.23. The molecule has 0 saturated carbocycles. The van der Waals surface area contributed by atoms with Crippen molar-refractivity contribution in [3.8, 4) is 0 Å². The molecule has 3 heteroatoms. The smallest absolute Gasteiger partial charge is 0.0985 e. The minimum atomic E-state index is 0.490. The standard InChI is InChI=1S/C10H8Cl2S/c1-6-3-2-4-8-9(6)7(5-11)10(12)13-8/h2-4H,5H2,1H3. The van der Waals surface area contributed by atoms with E-state index < -0.39 is 0 Å². The molecule has 1 heterocycles. The van der Waals surface area contributed by atoms with E-state index in [2.05, 4.69) is 19.1 Å². The Bertz CT molecular complexity index is 445. The van der Waals surface area contributed by atoms with Crippen LogP contribution in [0.2, 0.25) is 4.34 Å². The van der Waals surface area contributed by atoms with E-state index in [1.165, 1.54) is 15.6 Å². The first-order valence-electron chi connectivity index (χ1n) is 3.96. The van der Waals surface area contributed by atoms with Crippen LogP contribution in [0.1, 0.15) is 11.1 Å². The van der Waals surface area contributed by atoms with Gasteiger partial charge in [-0.2, -0.15) is 0 Å². The van der Waals surface area contributed by atoms with Gasteiger partial charge in [-0.1, -0.05) is 23.7 Å². The summed E-state index contributed by atoms with van der Waals surface area (Å²) in [7, 11) is 0. The molecule has 0 aliphatic carbocycles. The second-order valence-corrected chi connectivity index (χ2v) is 4.86. The highest BCUT2D eigenvalue weighted by molar-refractivity contribution is 7.23. The van der Waals surface area contributed by atoms with Gasteiger partial charge in [0.2, 0.25) is 0 Å². The number of aryl methyl sites for hydroxylation is 1. The summed E-state index contributed by atoms with van der Waals surface area (Å²) in [6.07, 6.45) is 0. The van der Waals surface area contributed by atoms with Gasteiger partial charge in [0.15, 0.2) is 0 Å². The Morgan fingerprint density at radius 2 is 2.15 bits per heavy atom. The van der Waals surface area contributed by atoms with E-state index in [4.69, 9.17) is 23.2 Å². The van der Waals surface area contributed by atoms with Crippen LogP contribution in [0.15, 0.2) is 18.2 Å². The summed E-state index contributed by atoms with van der Waals surface area (Å²) in [6, 6.07) is 6.21. The number of benzene rings is 1. The number of halogens is 2. The zero-order valence-corrected chi connectivity index (χ0v) is 9.43. The number of alkyl halides is 1. The fraction of sp³-hybridized carbons (Fsp3) is 0.200. The van der Waals surface area contributed by atoms with Crippen LogP contribution >= 0.6 is 34.5 Å². The largest absolute Gasteiger partial charge is 0.123 e. The van der Waals surface area contributed by atoms with Crippen LogP contribution in [-0.4, -0.2) is 0 Å². The monoisotopic (exact) mass is 230 g/mol. The van der Waals surface area contributed by atoms with Gasteiger partial charge in [-0.3, -0.25) is 0 Å². The molecule has 0 radical (unpaired) electrons. The van der Waals surface area contributed by atoms with Gasteiger partial charge in [-0.05, 0) is 18.6 Å². The van der Waals surface area contributed by atoms with E-state index >= 15 is 0 Å². The molecule has 0 nitrogen and oxygen atoms in total. The second kappa shape index (κ2) is 3.49. The number of rotatable bonds is 1. The average Bonchev–Trinajstić information content (AvgIpc) is 2.42. The van der Waals surface area contributed by atoms with Gasteiger partial charge in [0.1, 0.15) is 0 Å². The summed E-state index contributed by atoms with van der Waals surface area (Å²) in [5.41, 5.74) is 2.32. The third kappa shape index (κ3) is 1.45. The van der Waals surface area contributed by atoms with Gasteiger partial charge in [0.25, 0.3) is 0 Å². The Morgan fingerprint density at radius 3 is 2.85 bits per heavy atom. The molecule has 0 saturated heterocycles. The first-order valence-corrected chi connectivity index (χ1v) is 5.69. The molecule has 0 N–H and O–H groups in total. The van der Waals surface area contributed by atoms with Gasteiger partial charge in [0.05, 0.1) is 10.2 Å². The SMILES string of the molecule is Cc1cccc2sc(Cl)c(CCl)c12. The van der Waals surface area contributed by atoms with E-state index in [1.54, 1.807) is 11.3 Å². The van der Waals surface area contributed by atoms with Crippen molar-refractivity contribution in [3.63, 3.8) is 0 Å². The van der Waals surface area contributed by atoms with Crippen molar-refractivity contribution in [2.24, 2.45) is 0 Å². The third-order valence-corrected chi connectivity index (χ3v) is 3.82. The lowest BCUT2D eigenvalue weighted by molar-refractivity contribution is 1.45. The topological polar surface area (TPSA) is 0 Å². The maximum absolute atomic E-state index is 6.07. The zero-order chi connectivity index (χ0) is 9.42. The maximum atomic E-state index is 6.07. The maximum Gasteiger partial charge on any atom is 0.0985 e. The zero-order valence-electron chi connectivity index (χ0n) is 7.10. The quantitative estimate of drug-likeness (QED) is 0.629. The fourth-order valence-electron chi connectivity index (χ4n) is 1.49. The van der Waals surface area contributed by atoms with Crippen molar-refractivity contribution >= 4 is 44.6 Å². The molecular formula is C10H8Cl2S. The first-order chi connectivity index (χ1) is 6.24. The van der Waals surface area contributed by atoms with Crippen molar-refractivity contribution in [2.45, 2.75) is 12.8 Å². The van der Waals surface area contributed by atoms with Crippen LogP contribution in [0.5, 0.6) is 0 Å². The lowest BCUT2D eigenvalue weighted by Crippen LogP contribution is -1.78. The molecule has 0 bridgehead atoms. The highest BCUT2D eigenvalue weighted by Crippen LogP contribution is 2.37. The van der Waals surface area contributed by atoms with E-state index in [1.807, 2.05) is 6.07 Å². The van der Waals surface area contributed by atoms with Gasteiger partial charge in [-0.25, -0.2) is 0 Å². The van der Waals surface area contributed by atoms with Crippen molar-refractivity contribution in [1.82, 2.24) is 0 Å². The number of hydrogen-bond acceptors (Lipinski definition) is 1. The van der Waals surface area contributed by atoms with Crippen molar-refractivity contribution in [2.75, 3.05) is 0 Å². The molecule has 68 valence electrons. The van der Waals surface area contributed by atoms with E-state index in [-0.39, 0.29) is 0 Å². The Kier molecular flexibility index (Phi) is 2.50. The Labute approximate surface area is 91.1 Å². The normalized spacial score (nSPS) is 11.0. The molecule has 0 spiro atoms. The molecule has 2 rings (SSSR count). The summed E-state index contributed by atoms with van der Waals surface area (Å²) >= 11 is 13.5. The van der Waals surface area contributed by atoms with Crippen LogP contribution in [0.25, 0.3) is 10.1 Å². The number of fused-ring (bicyclic) bond motifs is 1. The van der Waals surface area contributed by atoms with Gasteiger partial charge in [0, 0.05) is 15.6 Å². The molecule has 1 aromatic heterocycles. The molecule has 0 amide bonds. The molecule has 13 heavy (non-hydrogen) atoms. The Balaban J connectivity index is 2.88. The summed E-state index contributed by atoms with van der Waals surface area (Å²) in [4.78, 5) is 0. The summed E-state index contributed by atoms with van der Waals surface area (Å²) in [6.45, 7) is 2.08. The van der Waals surface area contributed by atoms with Crippen molar-refractivity contribution < 1.29 is 0 Å². The molecule has 0 fully saturated rings. The molecule has 2 aromatic rings. The highest BCUT2D eigenvalue weighted by atomic mass is 35.5. The predicted octanol–water partition coefficient (Wildman–Crippen LogP) is 4.60. The molecule has 0 atom stereocenters. The third-order valence-electron chi connectivity index (χ3n) is 2.11. The van der Waals surface area contributed by atoms with Crippen LogP contribution in [0.4, 0.5) is 0 Å². The van der Waals surface area contributed by atoms with Gasteiger partial charge < -0.3 is 0 Å². The second-order valence-electron chi connectivity index (χ2n) is 2.94. The van der Waals surface area contributed by atoms with E-state index in [0.29, 0.717) is 5.88 Å². The van der Waals surface area contributed by atoms with Crippen molar-refractivity contribution in [1.29, 1.82) is 0 Å². The molecule has 0 aliphatic rings. The summed E-state index contributed by atoms with van der Waals surface area (Å²) in [5.74, 6) is 0.490. The number of thiophene rings is 1. The molecule has 1 aromatic carbocycles. The van der Waals surface area contributed by atoms with Crippen LogP contribution < -0.4 is 0 Å². The van der Waals surface area contributed by atoms with Crippen LogP contribution in [0, 0.1) is 6.92 Å². The minimum Gasteiger partial charge on any atom is -0.123 e. The van der Waals surface area contributed by atoms with Gasteiger partial charge >= 0.3 is 0 Å². The molecule has 0 aliphatic heterocycles. The van der Waals surface area contributed by atoms with Gasteiger partial charge in [-0.15, -0.1) is 22.9 Å². The van der Waals surface area contributed by atoms with Crippen LogP contribution in [-0.2, 0) is 5.88 Å².